The van der Waals surface area contributed by atoms with Crippen LogP contribution in [-0.4, -0.2) is 103 Å². The highest BCUT2D eigenvalue weighted by Gasteiger charge is 2.66. The second-order valence-corrected chi connectivity index (χ2v) is 16.2. The summed E-state index contributed by atoms with van der Waals surface area (Å²) in [5, 5.41) is 19.4. The molecule has 1 saturated carbocycles. The number of sulfonamides is 1. The third kappa shape index (κ3) is 9.89. The van der Waals surface area contributed by atoms with Gasteiger partial charge in [0.25, 0.3) is 0 Å². The zero-order valence-corrected chi connectivity index (χ0v) is 33.8. The van der Waals surface area contributed by atoms with E-state index in [1.54, 1.807) is 42.5 Å². The van der Waals surface area contributed by atoms with Gasteiger partial charge >= 0.3 is 17.8 Å². The lowest BCUT2D eigenvalue weighted by molar-refractivity contribution is -0.231. The number of hydrogen-bond acceptors (Lipinski definition) is 10. The molecule has 2 fully saturated rings. The van der Waals surface area contributed by atoms with E-state index in [1.165, 1.54) is 35.7 Å². The van der Waals surface area contributed by atoms with E-state index in [1.807, 2.05) is 0 Å². The number of aromatic amines is 1. The van der Waals surface area contributed by atoms with Gasteiger partial charge in [0.1, 0.15) is 16.7 Å². The summed E-state index contributed by atoms with van der Waals surface area (Å²) in [5.74, 6) is -16.4. The van der Waals surface area contributed by atoms with Crippen LogP contribution in [0.1, 0.15) is 37.1 Å². The van der Waals surface area contributed by atoms with Crippen LogP contribution in [-0.2, 0) is 41.5 Å². The van der Waals surface area contributed by atoms with Crippen LogP contribution in [0.25, 0.3) is 22.5 Å². The van der Waals surface area contributed by atoms with Gasteiger partial charge in [0.15, 0.2) is 5.82 Å². The van der Waals surface area contributed by atoms with Gasteiger partial charge in [0.05, 0.1) is 20.3 Å². The lowest BCUT2D eigenvalue weighted by atomic mass is 9.81. The number of aliphatic carboxylic acids is 1. The highest BCUT2D eigenvalue weighted by atomic mass is 35.5. The topological polar surface area (TPSA) is 219 Å². The number of carbonyl (C=O) groups excluding carboxylic acids is 2. The molecule has 21 heteroatoms. The maximum atomic E-state index is 14.2. The number of carboxylic acid groups (broad SMARTS) is 1. The summed E-state index contributed by atoms with van der Waals surface area (Å²) in [7, 11) is -2.49. The van der Waals surface area contributed by atoms with Gasteiger partial charge in [0.2, 0.25) is 27.7 Å². The fourth-order valence-electron chi connectivity index (χ4n) is 6.96. The Balaban J connectivity index is 0.00000683. The molecule has 1 saturated heterocycles. The van der Waals surface area contributed by atoms with Crippen LogP contribution < -0.4 is 21.1 Å². The van der Waals surface area contributed by atoms with Crippen molar-refractivity contribution in [3.8, 4) is 28.3 Å². The Kier molecular flexibility index (Phi) is 14.6. The number of H-pyrrole nitrogens is 1. The van der Waals surface area contributed by atoms with Crippen LogP contribution in [0.4, 0.5) is 23.2 Å². The van der Waals surface area contributed by atoms with Crippen molar-refractivity contribution in [1.29, 1.82) is 0 Å². The SMILES string of the molecule is COc1ccc(-c2ccc(C[C@H](NC(=O)C3CCC(CN)CC3)C(=O)Nc3ccc(-c4nc(C(F)(F)C(F)(F)C(=O)O)n[nH]4)cc3)cc2)cc1S(=O)(=O)N1CCOCC1.Cl. The van der Waals surface area contributed by atoms with Crippen molar-refractivity contribution in [3.63, 3.8) is 0 Å². The molecule has 0 spiro atoms. The highest BCUT2D eigenvalue weighted by Crippen LogP contribution is 2.42. The maximum absolute atomic E-state index is 14.2. The van der Waals surface area contributed by atoms with Gasteiger partial charge in [0, 0.05) is 36.7 Å². The van der Waals surface area contributed by atoms with E-state index in [9.17, 15) is 40.4 Å². The quantitative estimate of drug-likeness (QED) is 0.102. The van der Waals surface area contributed by atoms with E-state index in [2.05, 4.69) is 25.8 Å². The lowest BCUT2D eigenvalue weighted by Gasteiger charge is -2.28. The fourth-order valence-corrected chi connectivity index (χ4v) is 8.55. The van der Waals surface area contributed by atoms with E-state index in [-0.39, 0.29) is 84.7 Å². The van der Waals surface area contributed by atoms with Crippen molar-refractivity contribution < 1.29 is 54.9 Å². The molecular weight excluding hydrogens is 838 g/mol. The first-order chi connectivity index (χ1) is 28.0. The predicted molar refractivity (Wildman–Crippen MR) is 212 cm³/mol. The Bertz CT molecular complexity index is 2250. The number of carbonyl (C=O) groups is 3. The molecule has 60 heavy (non-hydrogen) atoms. The third-order valence-corrected chi connectivity index (χ3v) is 12.4. The summed E-state index contributed by atoms with van der Waals surface area (Å²) >= 11 is 0. The first kappa shape index (κ1) is 45.9. The second-order valence-electron chi connectivity index (χ2n) is 14.3. The number of halogens is 5. The summed E-state index contributed by atoms with van der Waals surface area (Å²) in [4.78, 5) is 41.4. The molecule has 1 atom stereocenters. The minimum absolute atomic E-state index is 0. The van der Waals surface area contributed by atoms with Crippen molar-refractivity contribution in [1.82, 2.24) is 24.8 Å². The number of alkyl halides is 4. The van der Waals surface area contributed by atoms with Crippen LogP contribution in [0.15, 0.2) is 71.6 Å². The molecule has 324 valence electrons. The average Bonchev–Trinajstić information content (AvgIpc) is 3.75. The van der Waals surface area contributed by atoms with Gasteiger partial charge in [-0.25, -0.2) is 18.2 Å². The van der Waals surface area contributed by atoms with Crippen LogP contribution in [0, 0.1) is 11.8 Å². The second kappa shape index (κ2) is 19.1. The number of benzene rings is 3. The van der Waals surface area contributed by atoms with E-state index in [0.717, 1.165) is 12.8 Å². The molecule has 2 aliphatic rings. The van der Waals surface area contributed by atoms with Gasteiger partial charge in [-0.1, -0.05) is 30.3 Å². The molecule has 3 aromatic carbocycles. The van der Waals surface area contributed by atoms with Crippen molar-refractivity contribution in [2.45, 2.75) is 54.9 Å². The van der Waals surface area contributed by atoms with Gasteiger partial charge in [-0.15, -0.1) is 12.4 Å². The van der Waals surface area contributed by atoms with Crippen LogP contribution in [0.3, 0.4) is 0 Å². The number of nitrogens with two attached hydrogens (primary N) is 1. The molecule has 1 aliphatic carbocycles. The minimum atomic E-state index is -5.46. The molecule has 4 aromatic rings. The number of rotatable bonds is 15. The van der Waals surface area contributed by atoms with Crippen LogP contribution in [0.2, 0.25) is 0 Å². The van der Waals surface area contributed by atoms with E-state index in [4.69, 9.17) is 20.3 Å². The number of nitrogens with one attached hydrogen (secondary N) is 3. The number of hydrogen-bond donors (Lipinski definition) is 5. The van der Waals surface area contributed by atoms with Crippen molar-refractivity contribution in [2.24, 2.45) is 17.6 Å². The summed E-state index contributed by atoms with van der Waals surface area (Å²) < 4.78 is 95.1. The minimum Gasteiger partial charge on any atom is -0.495 e. The molecule has 1 aromatic heterocycles. The molecule has 6 rings (SSSR count). The Hall–Kier alpha value is -5.15. The number of nitrogens with zero attached hydrogens (tertiary/aromatic N) is 3. The highest BCUT2D eigenvalue weighted by molar-refractivity contribution is 7.89. The van der Waals surface area contributed by atoms with Gasteiger partial charge < -0.3 is 30.9 Å². The third-order valence-electron chi connectivity index (χ3n) is 10.5. The number of methoxy groups -OCH3 is 1. The molecule has 0 radical (unpaired) electrons. The number of carboxylic acids is 1. The van der Waals surface area contributed by atoms with Gasteiger partial charge in [-0.3, -0.25) is 14.7 Å². The summed E-state index contributed by atoms with van der Waals surface area (Å²) in [5.41, 5.74) is 8.15. The molecular formula is C39H44ClF4N7O8S. The van der Waals surface area contributed by atoms with E-state index >= 15 is 0 Å². The number of anilines is 1. The zero-order valence-electron chi connectivity index (χ0n) is 32.2. The summed E-state index contributed by atoms with van der Waals surface area (Å²) in [6.07, 6.45) is 2.88. The number of morpholine rings is 1. The average molecular weight is 882 g/mol. The number of ether oxygens (including phenoxy) is 2. The summed E-state index contributed by atoms with van der Waals surface area (Å²) in [6.45, 7) is 1.53. The molecule has 2 heterocycles. The van der Waals surface area contributed by atoms with Gasteiger partial charge in [-0.05, 0) is 91.2 Å². The van der Waals surface area contributed by atoms with Gasteiger partial charge in [-0.2, -0.15) is 27.0 Å². The number of aromatic nitrogens is 3. The Morgan fingerprint density at radius 1 is 0.967 bits per heavy atom. The lowest BCUT2D eigenvalue weighted by Crippen LogP contribution is -2.48. The number of amides is 2. The van der Waals surface area contributed by atoms with Crippen molar-refractivity contribution in [3.05, 3.63) is 78.1 Å². The molecule has 0 unspecified atom stereocenters. The van der Waals surface area contributed by atoms with E-state index in [0.29, 0.717) is 42.0 Å². The Morgan fingerprint density at radius 3 is 2.18 bits per heavy atom. The largest absolute Gasteiger partial charge is 0.495 e. The maximum Gasteiger partial charge on any atom is 0.411 e. The Labute approximate surface area is 348 Å². The fraction of sp³-hybridized carbons (Fsp3) is 0.410. The van der Waals surface area contributed by atoms with E-state index < -0.39 is 45.6 Å². The smallest absolute Gasteiger partial charge is 0.411 e. The predicted octanol–water partition coefficient (Wildman–Crippen LogP) is 4.83. The van der Waals surface area contributed by atoms with Crippen LogP contribution >= 0.6 is 12.4 Å². The molecule has 6 N–H and O–H groups in total. The normalized spacial score (nSPS) is 18.2. The molecule has 2 amide bonds. The monoisotopic (exact) mass is 881 g/mol. The molecule has 0 bridgehead atoms. The zero-order chi connectivity index (χ0) is 42.5. The van der Waals surface area contributed by atoms with Crippen LogP contribution in [0.5, 0.6) is 5.75 Å². The first-order valence-corrected chi connectivity index (χ1v) is 20.2. The summed E-state index contributed by atoms with van der Waals surface area (Å²) in [6, 6.07) is 16.4. The first-order valence-electron chi connectivity index (χ1n) is 18.7. The van der Waals surface area contributed by atoms with Crippen molar-refractivity contribution in [2.75, 3.05) is 45.3 Å². The van der Waals surface area contributed by atoms with Crippen molar-refractivity contribution >= 4 is 45.9 Å². The standard InChI is InChI=1S/C39H43F4N7O8S.ClH/c1-57-31-15-12-28(21-32(31)59(55,56)50-16-18-58-19-17-50)25-6-2-23(3-7-25)20-30(46-34(51)27-8-4-24(22-44)5-9-27)35(52)45-29-13-10-26(11-14-29)33-47-36(49-48-33)38(40,41)39(42,43)37(53)54;/h2-3,6-7,10-15,21,24,27,30H,4-5,8-9,16-20,22,44H2,1H3,(H,45,52)(H,46,51)(H,53,54)(H,47,48,49);1H/t24?,27?,30-;/m0./s1. The molecule has 15 nitrogen and oxygen atoms in total. The Morgan fingerprint density at radius 2 is 1.58 bits per heavy atom. The molecule has 1 aliphatic heterocycles.